The average Bonchev–Trinajstić information content (AvgIpc) is 3.07. The number of rotatable bonds is 8. The number of amides is 2. The number of hydrogen-bond donors (Lipinski definition) is 2. The molecule has 0 atom stereocenters. The van der Waals surface area contributed by atoms with Crippen molar-refractivity contribution in [2.24, 2.45) is 0 Å². The van der Waals surface area contributed by atoms with Gasteiger partial charge in [0.05, 0.1) is 0 Å². The molecule has 0 saturated carbocycles. The molecule has 6 rings (SSSR count). The van der Waals surface area contributed by atoms with Gasteiger partial charge >= 0.3 is 0 Å². The van der Waals surface area contributed by atoms with E-state index in [-0.39, 0.29) is 23.9 Å². The molecule has 2 amide bonds. The third kappa shape index (κ3) is 7.78. The highest BCUT2D eigenvalue weighted by Gasteiger charge is 2.24. The molecule has 4 aromatic rings. The van der Waals surface area contributed by atoms with Crippen molar-refractivity contribution < 1.29 is 9.59 Å². The van der Waals surface area contributed by atoms with Crippen LogP contribution >= 0.6 is 0 Å². The van der Waals surface area contributed by atoms with Crippen LogP contribution in [0, 0.1) is 13.8 Å². The van der Waals surface area contributed by atoms with E-state index in [1.165, 1.54) is 16.7 Å². The molecule has 2 N–H and O–H groups in total. The number of aryl methyl sites for hydroxylation is 2. The summed E-state index contributed by atoms with van der Waals surface area (Å²) in [5.41, 5.74) is 7.26. The number of pyridine rings is 1. The van der Waals surface area contributed by atoms with Gasteiger partial charge in [-0.3, -0.25) is 14.5 Å². The van der Waals surface area contributed by atoms with Crippen LogP contribution in [0.2, 0.25) is 0 Å². The average molecular weight is 602 g/mol. The predicted molar refractivity (Wildman–Crippen MR) is 180 cm³/mol. The summed E-state index contributed by atoms with van der Waals surface area (Å²) in [5.74, 6) is 1.00. The Morgan fingerprint density at radius 2 is 1.38 bits per heavy atom. The summed E-state index contributed by atoms with van der Waals surface area (Å²) in [6.07, 6.45) is 5.68. The quantitative estimate of drug-likeness (QED) is 0.253. The van der Waals surface area contributed by atoms with Crippen LogP contribution in [0.25, 0.3) is 11.1 Å². The van der Waals surface area contributed by atoms with E-state index in [1.54, 1.807) is 0 Å². The van der Waals surface area contributed by atoms with E-state index in [2.05, 4.69) is 70.7 Å². The SMILES string of the molecule is Cc1ccc(-c2cc(C(=O)NC3CCN(Cc4ccc(N5CCC(NC(=O)c6ccccc6)CC5)nc4)CC3)ccc2C)cc1. The van der Waals surface area contributed by atoms with Gasteiger partial charge in [0.1, 0.15) is 5.82 Å². The van der Waals surface area contributed by atoms with E-state index in [1.807, 2.05) is 54.7 Å². The number of likely N-dealkylation sites (tertiary alicyclic amines) is 1. The third-order valence-electron chi connectivity index (χ3n) is 9.19. The molecule has 45 heavy (non-hydrogen) atoms. The van der Waals surface area contributed by atoms with Gasteiger partial charge in [-0.15, -0.1) is 0 Å². The number of piperidine rings is 2. The number of benzene rings is 3. The van der Waals surface area contributed by atoms with Crippen LogP contribution < -0.4 is 15.5 Å². The van der Waals surface area contributed by atoms with Gasteiger partial charge in [-0.05, 0) is 92.1 Å². The van der Waals surface area contributed by atoms with Crippen LogP contribution in [-0.4, -0.2) is 60.0 Å². The molecule has 0 aliphatic carbocycles. The summed E-state index contributed by atoms with van der Waals surface area (Å²) in [6, 6.07) is 28.5. The zero-order chi connectivity index (χ0) is 31.2. The van der Waals surface area contributed by atoms with Gasteiger partial charge in [-0.2, -0.15) is 0 Å². The van der Waals surface area contributed by atoms with Gasteiger partial charge in [-0.1, -0.05) is 60.2 Å². The Labute approximate surface area is 266 Å². The molecule has 3 aromatic carbocycles. The largest absolute Gasteiger partial charge is 0.356 e. The van der Waals surface area contributed by atoms with Crippen LogP contribution in [0.3, 0.4) is 0 Å². The number of carbonyl (C=O) groups excluding carboxylic acids is 2. The summed E-state index contributed by atoms with van der Waals surface area (Å²) in [5, 5.41) is 6.47. The van der Waals surface area contributed by atoms with Crippen molar-refractivity contribution in [2.75, 3.05) is 31.1 Å². The van der Waals surface area contributed by atoms with Crippen molar-refractivity contribution in [3.05, 3.63) is 119 Å². The second-order valence-corrected chi connectivity index (χ2v) is 12.5. The highest BCUT2D eigenvalue weighted by atomic mass is 16.2. The van der Waals surface area contributed by atoms with Crippen molar-refractivity contribution in [1.29, 1.82) is 0 Å². The lowest BCUT2D eigenvalue weighted by molar-refractivity contribution is 0.0906. The summed E-state index contributed by atoms with van der Waals surface area (Å²) in [4.78, 5) is 35.2. The molecule has 0 spiro atoms. The lowest BCUT2D eigenvalue weighted by Crippen LogP contribution is -2.45. The Hall–Kier alpha value is -4.49. The number of nitrogens with one attached hydrogen (secondary N) is 2. The van der Waals surface area contributed by atoms with E-state index >= 15 is 0 Å². The molecule has 0 unspecified atom stereocenters. The fourth-order valence-corrected chi connectivity index (χ4v) is 6.38. The Morgan fingerprint density at radius 1 is 0.733 bits per heavy atom. The monoisotopic (exact) mass is 601 g/mol. The Bertz CT molecular complexity index is 1590. The molecule has 3 heterocycles. The molecule has 7 nitrogen and oxygen atoms in total. The minimum absolute atomic E-state index is 0.00156. The zero-order valence-electron chi connectivity index (χ0n) is 26.3. The molecule has 2 aliphatic rings. The standard InChI is InChI=1S/C38H43N5O2/c1-27-8-12-30(13-9-27)35-24-32(14-10-28(35)2)38(45)41-33-16-20-42(21-17-33)26-29-11-15-36(39-25-29)43-22-18-34(19-23-43)40-37(44)31-6-4-3-5-7-31/h3-15,24-25,33-34H,16-23,26H2,1-2H3,(H,40,44)(H,41,45). The van der Waals surface area contributed by atoms with Crippen LogP contribution in [0.1, 0.15) is 63.1 Å². The van der Waals surface area contributed by atoms with Crippen molar-refractivity contribution in [3.8, 4) is 11.1 Å². The smallest absolute Gasteiger partial charge is 0.251 e. The van der Waals surface area contributed by atoms with Crippen LogP contribution in [0.15, 0.2) is 91.1 Å². The predicted octanol–water partition coefficient (Wildman–Crippen LogP) is 6.16. The highest BCUT2D eigenvalue weighted by Crippen LogP contribution is 2.26. The van der Waals surface area contributed by atoms with Crippen molar-refractivity contribution in [1.82, 2.24) is 20.5 Å². The van der Waals surface area contributed by atoms with Gasteiger partial charge in [0.25, 0.3) is 11.8 Å². The van der Waals surface area contributed by atoms with E-state index in [4.69, 9.17) is 4.98 Å². The molecule has 2 fully saturated rings. The topological polar surface area (TPSA) is 77.6 Å². The molecule has 0 bridgehead atoms. The summed E-state index contributed by atoms with van der Waals surface area (Å²) >= 11 is 0. The molecule has 7 heteroatoms. The Kier molecular flexibility index (Phi) is 9.55. The maximum Gasteiger partial charge on any atom is 0.251 e. The van der Waals surface area contributed by atoms with Crippen molar-refractivity contribution >= 4 is 17.6 Å². The number of hydrogen-bond acceptors (Lipinski definition) is 5. The normalized spacial score (nSPS) is 16.4. The van der Waals surface area contributed by atoms with Gasteiger partial charge in [0, 0.05) is 62.1 Å². The molecule has 2 aliphatic heterocycles. The summed E-state index contributed by atoms with van der Waals surface area (Å²) in [7, 11) is 0. The van der Waals surface area contributed by atoms with Gasteiger partial charge in [0.15, 0.2) is 0 Å². The first kappa shape index (κ1) is 30.5. The Balaban J connectivity index is 0.943. The minimum Gasteiger partial charge on any atom is -0.356 e. The van der Waals surface area contributed by atoms with Gasteiger partial charge < -0.3 is 15.5 Å². The van der Waals surface area contributed by atoms with E-state index in [0.29, 0.717) is 11.1 Å². The molecular weight excluding hydrogens is 558 g/mol. The first-order valence-electron chi connectivity index (χ1n) is 16.2. The second kappa shape index (κ2) is 14.1. The fourth-order valence-electron chi connectivity index (χ4n) is 6.38. The van der Waals surface area contributed by atoms with Crippen LogP contribution in [0.5, 0.6) is 0 Å². The van der Waals surface area contributed by atoms with Gasteiger partial charge in [0.2, 0.25) is 0 Å². The first-order valence-corrected chi connectivity index (χ1v) is 16.2. The minimum atomic E-state index is 0.00156. The molecule has 0 radical (unpaired) electrons. The zero-order valence-corrected chi connectivity index (χ0v) is 26.3. The molecular formula is C38H43N5O2. The summed E-state index contributed by atoms with van der Waals surface area (Å²) < 4.78 is 0. The van der Waals surface area contributed by atoms with Crippen LogP contribution in [0.4, 0.5) is 5.82 Å². The van der Waals surface area contributed by atoms with Crippen molar-refractivity contribution in [2.45, 2.75) is 58.2 Å². The maximum atomic E-state index is 13.2. The van der Waals surface area contributed by atoms with E-state index in [9.17, 15) is 9.59 Å². The first-order chi connectivity index (χ1) is 21.9. The maximum absolute atomic E-state index is 13.2. The molecule has 2 saturated heterocycles. The lowest BCUT2D eigenvalue weighted by Gasteiger charge is -2.34. The molecule has 232 valence electrons. The number of nitrogens with zero attached hydrogens (tertiary/aromatic N) is 3. The molecule has 1 aromatic heterocycles. The fraction of sp³-hybridized carbons (Fsp3) is 0.342. The van der Waals surface area contributed by atoms with E-state index in [0.717, 1.165) is 75.4 Å². The second-order valence-electron chi connectivity index (χ2n) is 12.5. The van der Waals surface area contributed by atoms with Crippen molar-refractivity contribution in [3.63, 3.8) is 0 Å². The third-order valence-corrected chi connectivity index (χ3v) is 9.19. The van der Waals surface area contributed by atoms with E-state index < -0.39 is 0 Å². The lowest BCUT2D eigenvalue weighted by atomic mass is 9.96. The van der Waals surface area contributed by atoms with Crippen LogP contribution in [-0.2, 0) is 6.54 Å². The number of anilines is 1. The number of carbonyl (C=O) groups is 2. The summed E-state index contributed by atoms with van der Waals surface area (Å²) in [6.45, 7) is 8.67. The van der Waals surface area contributed by atoms with Gasteiger partial charge in [-0.25, -0.2) is 4.98 Å². The Morgan fingerprint density at radius 3 is 2.02 bits per heavy atom. The number of aromatic nitrogens is 1. The highest BCUT2D eigenvalue weighted by molar-refractivity contribution is 5.96.